The predicted octanol–water partition coefficient (Wildman–Crippen LogP) is 4.47. The van der Waals surface area contributed by atoms with Crippen LogP contribution in [0.15, 0.2) is 10.1 Å². The molecule has 0 aromatic carbocycles. The number of hydrogen-bond donors (Lipinski definition) is 0. The van der Waals surface area contributed by atoms with E-state index in [4.69, 9.17) is 69.6 Å². The first-order chi connectivity index (χ1) is 5.82. The number of halogens is 6. The van der Waals surface area contributed by atoms with Crippen molar-refractivity contribution in [3.05, 3.63) is 10.1 Å². The van der Waals surface area contributed by atoms with Crippen LogP contribution in [0.5, 0.6) is 0 Å². The Balaban J connectivity index is 2.58. The van der Waals surface area contributed by atoms with Crippen molar-refractivity contribution in [1.29, 1.82) is 0 Å². The highest BCUT2D eigenvalue weighted by atomic mass is 35.5. The quantitative estimate of drug-likeness (QED) is 0.579. The van der Waals surface area contributed by atoms with Crippen LogP contribution in [0.1, 0.15) is 6.42 Å². The summed E-state index contributed by atoms with van der Waals surface area (Å²) in [6, 6.07) is 0. The van der Waals surface area contributed by atoms with Gasteiger partial charge in [0.15, 0.2) is 4.33 Å². The second-order valence-electron chi connectivity index (χ2n) is 3.28. The third-order valence-electron chi connectivity index (χ3n) is 2.59. The fraction of sp³-hybridized carbons (Fsp3) is 0.714. The lowest BCUT2D eigenvalue weighted by molar-refractivity contribution is 0.652. The molecule has 1 fully saturated rings. The van der Waals surface area contributed by atoms with Crippen molar-refractivity contribution in [2.45, 2.75) is 21.0 Å². The van der Waals surface area contributed by atoms with E-state index in [1.807, 2.05) is 0 Å². The van der Waals surface area contributed by atoms with Gasteiger partial charge in [-0.05, 0) is 6.42 Å². The molecule has 2 aliphatic rings. The van der Waals surface area contributed by atoms with Gasteiger partial charge >= 0.3 is 0 Å². The number of hydrogen-bond acceptors (Lipinski definition) is 0. The van der Waals surface area contributed by atoms with E-state index in [1.54, 1.807) is 0 Å². The van der Waals surface area contributed by atoms with Gasteiger partial charge in [0.2, 0.25) is 0 Å². The standard InChI is InChI=1S/C7H4Cl6/c8-2-1-6(11)5(10)4(9)3(2)7(6,12)13/h2-3H,1H2/t2-,3-,6+/m1/s1. The summed E-state index contributed by atoms with van der Waals surface area (Å²) in [5, 5.41) is 0.484. The fourth-order valence-electron chi connectivity index (χ4n) is 1.88. The van der Waals surface area contributed by atoms with Crippen LogP contribution in [-0.2, 0) is 0 Å². The predicted molar refractivity (Wildman–Crippen MR) is 59.5 cm³/mol. The molecule has 74 valence electrons. The number of allylic oxidation sites excluding steroid dienone is 2. The minimum absolute atomic E-state index is 0.248. The minimum Gasteiger partial charge on any atom is -0.122 e. The Labute approximate surface area is 106 Å². The molecule has 2 rings (SSSR count). The van der Waals surface area contributed by atoms with Crippen LogP contribution < -0.4 is 0 Å². The topological polar surface area (TPSA) is 0 Å². The molecule has 1 saturated carbocycles. The van der Waals surface area contributed by atoms with E-state index in [1.165, 1.54) is 0 Å². The van der Waals surface area contributed by atoms with E-state index in [9.17, 15) is 0 Å². The van der Waals surface area contributed by atoms with E-state index in [0.717, 1.165) is 0 Å². The van der Waals surface area contributed by atoms with Crippen LogP contribution in [0.25, 0.3) is 0 Å². The lowest BCUT2D eigenvalue weighted by Gasteiger charge is -2.27. The number of alkyl halides is 4. The molecular formula is C7H4Cl6. The monoisotopic (exact) mass is 298 g/mol. The number of fused-ring (bicyclic) bond motifs is 2. The Kier molecular flexibility index (Phi) is 2.53. The Hall–Kier alpha value is 1.48. The third kappa shape index (κ3) is 1.14. The Morgan fingerprint density at radius 2 is 1.69 bits per heavy atom. The summed E-state index contributed by atoms with van der Waals surface area (Å²) in [4.78, 5) is -1.01. The molecule has 0 heterocycles. The highest BCUT2D eigenvalue weighted by Crippen LogP contribution is 2.68. The maximum Gasteiger partial charge on any atom is 0.151 e. The minimum atomic E-state index is -1.19. The zero-order valence-electron chi connectivity index (χ0n) is 6.13. The summed E-state index contributed by atoms with van der Waals surface area (Å²) in [5.74, 6) is -0.357. The molecule has 13 heavy (non-hydrogen) atoms. The average Bonchev–Trinajstić information content (AvgIpc) is 2.22. The highest BCUT2D eigenvalue weighted by molar-refractivity contribution is 6.60. The summed E-state index contributed by atoms with van der Waals surface area (Å²) in [7, 11) is 0. The van der Waals surface area contributed by atoms with Crippen LogP contribution in [-0.4, -0.2) is 14.6 Å². The molecule has 2 aliphatic carbocycles. The second-order valence-corrected chi connectivity index (χ2v) is 6.66. The summed E-state index contributed by atoms with van der Waals surface area (Å²) < 4.78 is -1.19. The molecule has 0 spiro atoms. The van der Waals surface area contributed by atoms with Crippen LogP contribution in [0.4, 0.5) is 0 Å². The van der Waals surface area contributed by atoms with E-state index in [-0.39, 0.29) is 11.3 Å². The zero-order valence-corrected chi connectivity index (χ0v) is 10.7. The van der Waals surface area contributed by atoms with Gasteiger partial charge in [-0.15, -0.1) is 23.2 Å². The molecular weight excluding hydrogens is 297 g/mol. The smallest absolute Gasteiger partial charge is 0.122 e. The molecule has 3 atom stereocenters. The van der Waals surface area contributed by atoms with Crippen molar-refractivity contribution in [3.8, 4) is 0 Å². The first-order valence-corrected chi connectivity index (χ1v) is 5.91. The Morgan fingerprint density at radius 3 is 2.00 bits per heavy atom. The maximum absolute atomic E-state index is 6.21. The zero-order chi connectivity index (χ0) is 10.0. The molecule has 0 aromatic rings. The van der Waals surface area contributed by atoms with Gasteiger partial charge < -0.3 is 0 Å². The van der Waals surface area contributed by atoms with E-state index >= 15 is 0 Å². The molecule has 2 bridgehead atoms. The molecule has 0 saturated heterocycles. The van der Waals surface area contributed by atoms with Crippen molar-refractivity contribution in [2.24, 2.45) is 5.92 Å². The second kappa shape index (κ2) is 2.99. The molecule has 0 radical (unpaired) electrons. The lowest BCUT2D eigenvalue weighted by atomic mass is 10.1. The number of rotatable bonds is 0. The van der Waals surface area contributed by atoms with E-state index < -0.39 is 9.21 Å². The first-order valence-electron chi connectivity index (χ1n) is 3.59. The van der Waals surface area contributed by atoms with Gasteiger partial charge in [0.05, 0.1) is 5.03 Å². The van der Waals surface area contributed by atoms with Crippen molar-refractivity contribution in [2.75, 3.05) is 0 Å². The molecule has 0 amide bonds. The average molecular weight is 301 g/mol. The largest absolute Gasteiger partial charge is 0.151 e. The SMILES string of the molecule is ClC1=C(Cl)[C@@]2(Cl)C[C@@H](Cl)[C@H]1C2(Cl)Cl. The maximum atomic E-state index is 6.21. The summed E-state index contributed by atoms with van der Waals surface area (Å²) in [5.41, 5.74) is 0. The molecule has 0 nitrogen and oxygen atoms in total. The van der Waals surface area contributed by atoms with Gasteiger partial charge in [0.1, 0.15) is 4.87 Å². The summed E-state index contributed by atoms with van der Waals surface area (Å²) >= 11 is 36.3. The Morgan fingerprint density at radius 1 is 1.15 bits per heavy atom. The van der Waals surface area contributed by atoms with Gasteiger partial charge in [-0.2, -0.15) is 0 Å². The van der Waals surface area contributed by atoms with Gasteiger partial charge in [-0.3, -0.25) is 0 Å². The molecule has 0 aliphatic heterocycles. The van der Waals surface area contributed by atoms with Crippen molar-refractivity contribution >= 4 is 69.6 Å². The summed E-state index contributed by atoms with van der Waals surface area (Å²) in [6.07, 6.45) is 0.447. The first kappa shape index (κ1) is 11.0. The van der Waals surface area contributed by atoms with Gasteiger partial charge in [-0.25, -0.2) is 0 Å². The van der Waals surface area contributed by atoms with E-state index in [2.05, 4.69) is 0 Å². The van der Waals surface area contributed by atoms with Crippen molar-refractivity contribution in [1.82, 2.24) is 0 Å². The Bertz CT molecular complexity index is 295. The van der Waals surface area contributed by atoms with Crippen LogP contribution in [0.3, 0.4) is 0 Å². The fourth-order valence-corrected chi connectivity index (χ4v) is 5.02. The van der Waals surface area contributed by atoms with Gasteiger partial charge in [0.25, 0.3) is 0 Å². The highest BCUT2D eigenvalue weighted by Gasteiger charge is 2.70. The van der Waals surface area contributed by atoms with Crippen molar-refractivity contribution in [3.63, 3.8) is 0 Å². The molecule has 6 heteroatoms. The van der Waals surface area contributed by atoms with Crippen LogP contribution >= 0.6 is 69.6 Å². The van der Waals surface area contributed by atoms with Crippen LogP contribution in [0, 0.1) is 5.92 Å². The van der Waals surface area contributed by atoms with Gasteiger partial charge in [-0.1, -0.05) is 46.4 Å². The van der Waals surface area contributed by atoms with Gasteiger partial charge in [0, 0.05) is 16.3 Å². The van der Waals surface area contributed by atoms with E-state index in [0.29, 0.717) is 16.5 Å². The summed E-state index contributed by atoms with van der Waals surface area (Å²) in [6.45, 7) is 0. The molecule has 0 aromatic heterocycles. The van der Waals surface area contributed by atoms with Crippen LogP contribution in [0.2, 0.25) is 0 Å². The lowest BCUT2D eigenvalue weighted by Crippen LogP contribution is -2.35. The molecule has 0 unspecified atom stereocenters. The van der Waals surface area contributed by atoms with Crippen molar-refractivity contribution < 1.29 is 0 Å². The third-order valence-corrected chi connectivity index (χ3v) is 6.09. The molecule has 0 N–H and O–H groups in total. The normalized spacial score (nSPS) is 47.5.